The summed E-state index contributed by atoms with van der Waals surface area (Å²) in [5, 5.41) is 23.5. The molecule has 1 atom stereocenters. The first kappa shape index (κ1) is 19.9. The van der Waals surface area contributed by atoms with Gasteiger partial charge in [-0.2, -0.15) is 0 Å². The van der Waals surface area contributed by atoms with E-state index < -0.39 is 6.10 Å². The Kier molecular flexibility index (Phi) is 8.01. The summed E-state index contributed by atoms with van der Waals surface area (Å²) in [5.41, 5.74) is 0.927. The summed E-state index contributed by atoms with van der Waals surface area (Å²) in [6.07, 6.45) is 5.79. The smallest absolute Gasteiger partial charge is 0.206 e. The molecule has 1 unspecified atom stereocenters. The molecule has 0 radical (unpaired) electrons. The van der Waals surface area contributed by atoms with Crippen molar-refractivity contribution >= 4 is 39.8 Å². The molecule has 1 aromatic heterocycles. The van der Waals surface area contributed by atoms with Crippen molar-refractivity contribution in [3.63, 3.8) is 0 Å². The van der Waals surface area contributed by atoms with E-state index >= 15 is 0 Å². The lowest BCUT2D eigenvalue weighted by atomic mass is 9.96. The van der Waals surface area contributed by atoms with Crippen LogP contribution < -0.4 is 5.32 Å². The van der Waals surface area contributed by atoms with Gasteiger partial charge in [0.05, 0.1) is 19.3 Å². The lowest BCUT2D eigenvalue weighted by molar-refractivity contribution is 0.0398. The Labute approximate surface area is 167 Å². The number of rotatable bonds is 9. The standard InChI is InChI=1S/C18H24ClN3O2S2/c19-16-9-5-4-6-13(16)10-24-11-15(23)12-25-18-22-21-17(26-18)20-14-7-2-1-3-8-14/h4-6,9,14-15,23H,1-3,7-8,10-12H2,(H,20,21). The van der Waals surface area contributed by atoms with Crippen molar-refractivity contribution in [3.05, 3.63) is 34.9 Å². The number of thioether (sulfide) groups is 1. The molecule has 1 aliphatic rings. The van der Waals surface area contributed by atoms with Gasteiger partial charge in [0.2, 0.25) is 5.13 Å². The number of hydrogen-bond acceptors (Lipinski definition) is 7. The van der Waals surface area contributed by atoms with E-state index in [9.17, 15) is 5.11 Å². The zero-order valence-corrected chi connectivity index (χ0v) is 17.0. The van der Waals surface area contributed by atoms with E-state index in [4.69, 9.17) is 16.3 Å². The van der Waals surface area contributed by atoms with Gasteiger partial charge in [-0.15, -0.1) is 10.2 Å². The average Bonchev–Trinajstić information content (AvgIpc) is 3.10. The number of aliphatic hydroxyl groups is 1. The molecule has 1 fully saturated rings. The van der Waals surface area contributed by atoms with Crippen molar-refractivity contribution < 1.29 is 9.84 Å². The van der Waals surface area contributed by atoms with Crippen molar-refractivity contribution in [2.75, 3.05) is 17.7 Å². The number of hydrogen-bond donors (Lipinski definition) is 2. The molecule has 0 spiro atoms. The van der Waals surface area contributed by atoms with Crippen molar-refractivity contribution in [1.29, 1.82) is 0 Å². The Bertz CT molecular complexity index is 680. The molecule has 2 N–H and O–H groups in total. The molecule has 8 heteroatoms. The third kappa shape index (κ3) is 6.39. The fourth-order valence-corrected chi connectivity index (χ4v) is 4.83. The van der Waals surface area contributed by atoms with Crippen molar-refractivity contribution in [2.24, 2.45) is 0 Å². The summed E-state index contributed by atoms with van der Waals surface area (Å²) in [6.45, 7) is 0.667. The maximum Gasteiger partial charge on any atom is 0.206 e. The molecule has 0 aliphatic heterocycles. The van der Waals surface area contributed by atoms with Crippen LogP contribution in [-0.4, -0.2) is 39.8 Å². The van der Waals surface area contributed by atoms with Crippen molar-refractivity contribution in [3.8, 4) is 0 Å². The number of aliphatic hydroxyl groups excluding tert-OH is 1. The highest BCUT2D eigenvalue weighted by atomic mass is 35.5. The van der Waals surface area contributed by atoms with Gasteiger partial charge >= 0.3 is 0 Å². The first-order valence-corrected chi connectivity index (χ1v) is 11.1. The summed E-state index contributed by atoms with van der Waals surface area (Å²) >= 11 is 9.15. The van der Waals surface area contributed by atoms with Gasteiger partial charge in [-0.05, 0) is 24.5 Å². The van der Waals surface area contributed by atoms with Crippen molar-refractivity contribution in [1.82, 2.24) is 10.2 Å². The van der Waals surface area contributed by atoms with Crippen LogP contribution in [-0.2, 0) is 11.3 Å². The third-order valence-corrected chi connectivity index (χ3v) is 6.77. The van der Waals surface area contributed by atoms with E-state index in [0.717, 1.165) is 15.0 Å². The number of anilines is 1. The molecule has 5 nitrogen and oxygen atoms in total. The molecule has 0 amide bonds. The van der Waals surface area contributed by atoms with E-state index in [1.165, 1.54) is 43.9 Å². The summed E-state index contributed by atoms with van der Waals surface area (Å²) < 4.78 is 6.43. The maximum absolute atomic E-state index is 10.1. The minimum Gasteiger partial charge on any atom is -0.390 e. The second kappa shape index (κ2) is 10.5. The van der Waals surface area contributed by atoms with Gasteiger partial charge in [-0.3, -0.25) is 0 Å². The fourth-order valence-electron chi connectivity index (χ4n) is 2.88. The van der Waals surface area contributed by atoms with E-state index in [1.807, 2.05) is 24.3 Å². The Morgan fingerprint density at radius 2 is 2.08 bits per heavy atom. The molecule has 1 aromatic carbocycles. The molecular weight excluding hydrogens is 390 g/mol. The summed E-state index contributed by atoms with van der Waals surface area (Å²) in [5.74, 6) is 0.528. The highest BCUT2D eigenvalue weighted by Gasteiger charge is 2.16. The molecule has 1 aliphatic carbocycles. The zero-order valence-electron chi connectivity index (χ0n) is 14.6. The first-order chi connectivity index (χ1) is 12.7. The van der Waals surface area contributed by atoms with Crippen LogP contribution in [0, 0.1) is 0 Å². The maximum atomic E-state index is 10.1. The molecule has 2 aromatic rings. The van der Waals surface area contributed by atoms with Crippen LogP contribution in [0.15, 0.2) is 28.6 Å². The SMILES string of the molecule is OC(COCc1ccccc1Cl)CSc1nnc(NC2CCCCC2)s1. The minimum absolute atomic E-state index is 0.268. The topological polar surface area (TPSA) is 67.3 Å². The number of benzene rings is 1. The molecule has 0 bridgehead atoms. The van der Waals surface area contributed by atoms with Gasteiger partial charge in [0, 0.05) is 16.8 Å². The molecule has 26 heavy (non-hydrogen) atoms. The average molecular weight is 414 g/mol. The highest BCUT2D eigenvalue weighted by molar-refractivity contribution is 8.01. The predicted molar refractivity (Wildman–Crippen MR) is 108 cm³/mol. The summed E-state index contributed by atoms with van der Waals surface area (Å²) in [7, 11) is 0. The number of aromatic nitrogens is 2. The van der Waals surface area contributed by atoms with Crippen molar-refractivity contribution in [2.45, 2.75) is 55.2 Å². The molecule has 1 saturated carbocycles. The number of ether oxygens (including phenoxy) is 1. The molecule has 0 saturated heterocycles. The summed E-state index contributed by atoms with van der Waals surface area (Å²) in [6, 6.07) is 8.09. The minimum atomic E-state index is -0.554. The van der Waals surface area contributed by atoms with Gasteiger partial charge < -0.3 is 15.2 Å². The van der Waals surface area contributed by atoms with Crippen LogP contribution in [0.25, 0.3) is 0 Å². The van der Waals surface area contributed by atoms with Crippen LogP contribution in [0.5, 0.6) is 0 Å². The quantitative estimate of drug-likeness (QED) is 0.585. The lowest BCUT2D eigenvalue weighted by Crippen LogP contribution is -2.21. The third-order valence-electron chi connectivity index (χ3n) is 4.26. The Morgan fingerprint density at radius 1 is 1.27 bits per heavy atom. The number of nitrogens with zero attached hydrogens (tertiary/aromatic N) is 2. The molecule has 3 rings (SSSR count). The van der Waals surface area contributed by atoms with Crippen LogP contribution in [0.4, 0.5) is 5.13 Å². The second-order valence-electron chi connectivity index (χ2n) is 6.42. The van der Waals surface area contributed by atoms with Crippen LogP contribution >= 0.6 is 34.7 Å². The zero-order chi connectivity index (χ0) is 18.2. The van der Waals surface area contributed by atoms with Crippen LogP contribution in [0.3, 0.4) is 0 Å². The van der Waals surface area contributed by atoms with Gasteiger partial charge in [-0.25, -0.2) is 0 Å². The first-order valence-electron chi connectivity index (χ1n) is 8.93. The lowest BCUT2D eigenvalue weighted by Gasteiger charge is -2.21. The largest absolute Gasteiger partial charge is 0.390 e. The van der Waals surface area contributed by atoms with E-state index in [-0.39, 0.29) is 6.61 Å². The Hall–Kier alpha value is -0.860. The highest BCUT2D eigenvalue weighted by Crippen LogP contribution is 2.28. The monoisotopic (exact) mass is 413 g/mol. The molecule has 1 heterocycles. The number of halogens is 1. The second-order valence-corrected chi connectivity index (χ2v) is 9.08. The Balaban J connectivity index is 1.35. The van der Waals surface area contributed by atoms with Gasteiger partial charge in [0.15, 0.2) is 4.34 Å². The van der Waals surface area contributed by atoms with E-state index in [0.29, 0.717) is 23.4 Å². The molecular formula is C18H24ClN3O2S2. The van der Waals surface area contributed by atoms with Gasteiger partial charge in [0.25, 0.3) is 0 Å². The fraction of sp³-hybridized carbons (Fsp3) is 0.556. The normalized spacial score (nSPS) is 16.5. The predicted octanol–water partition coefficient (Wildman–Crippen LogP) is 4.61. The van der Waals surface area contributed by atoms with E-state index in [1.54, 1.807) is 11.3 Å². The van der Waals surface area contributed by atoms with Gasteiger partial charge in [0.1, 0.15) is 0 Å². The van der Waals surface area contributed by atoms with Gasteiger partial charge in [-0.1, -0.05) is 72.2 Å². The summed E-state index contributed by atoms with van der Waals surface area (Å²) in [4.78, 5) is 0. The van der Waals surface area contributed by atoms with Crippen LogP contribution in [0.2, 0.25) is 5.02 Å². The van der Waals surface area contributed by atoms with Crippen LogP contribution in [0.1, 0.15) is 37.7 Å². The molecule has 142 valence electrons. The number of nitrogens with one attached hydrogen (secondary N) is 1. The Morgan fingerprint density at radius 3 is 2.88 bits per heavy atom. The van der Waals surface area contributed by atoms with E-state index in [2.05, 4.69) is 15.5 Å².